The standard InChI is InChI=1S/C36H42BF2N3O2S2/c1-27-25-29(3)41-35(27)34(31-7-5-4-6-8-31)36-28(2)26-33(42(36)37(41,38)39)14-11-30-9-12-32(13-10-30)40-15-21-45-23-19-43-17-18-44-20-24-46-22-16-40/h4-14,25-26H,15-24H2,1-3H3/b14-11+. The Kier molecular flexibility index (Phi) is 10.6. The second-order valence-electron chi connectivity index (χ2n) is 11.8. The summed E-state index contributed by atoms with van der Waals surface area (Å²) in [5, 5.41) is 0. The van der Waals surface area contributed by atoms with E-state index in [1.54, 1.807) is 6.92 Å². The van der Waals surface area contributed by atoms with Gasteiger partial charge in [-0.3, -0.25) is 0 Å². The zero-order chi connectivity index (χ0) is 32.1. The van der Waals surface area contributed by atoms with E-state index in [-0.39, 0.29) is 0 Å². The summed E-state index contributed by atoms with van der Waals surface area (Å²) >= 11 is 3.82. The van der Waals surface area contributed by atoms with E-state index in [0.29, 0.717) is 36.0 Å². The number of nitrogens with zero attached hydrogens (tertiary/aromatic N) is 3. The number of benzene rings is 2. The monoisotopic (exact) mass is 661 g/mol. The van der Waals surface area contributed by atoms with Crippen LogP contribution in [0.2, 0.25) is 0 Å². The molecule has 0 amide bonds. The highest BCUT2D eigenvalue weighted by molar-refractivity contribution is 7.99. The molecular weight excluding hydrogens is 619 g/mol. The number of ether oxygens (including phenoxy) is 2. The molecule has 4 heterocycles. The third kappa shape index (κ3) is 6.96. The Bertz CT molecular complexity index is 1650. The molecule has 0 bridgehead atoms. The first-order valence-electron chi connectivity index (χ1n) is 16.1. The van der Waals surface area contributed by atoms with Crippen LogP contribution in [0, 0.1) is 13.8 Å². The van der Waals surface area contributed by atoms with Gasteiger partial charge in [0.15, 0.2) is 11.4 Å². The summed E-state index contributed by atoms with van der Waals surface area (Å²) in [7, 11) is 0. The first kappa shape index (κ1) is 32.9. The molecule has 46 heavy (non-hydrogen) atoms. The van der Waals surface area contributed by atoms with Crippen LogP contribution in [0.15, 0.2) is 84.1 Å². The molecule has 1 saturated heterocycles. The van der Waals surface area contributed by atoms with Crippen LogP contribution in [0.1, 0.15) is 35.0 Å². The number of rotatable bonds is 4. The van der Waals surface area contributed by atoms with Crippen LogP contribution in [0.3, 0.4) is 0 Å². The summed E-state index contributed by atoms with van der Waals surface area (Å²) in [6, 6.07) is 20.2. The van der Waals surface area contributed by atoms with Crippen molar-refractivity contribution < 1.29 is 22.6 Å². The molecule has 5 nitrogen and oxygen atoms in total. The molecule has 1 aromatic heterocycles. The van der Waals surface area contributed by atoms with Crippen LogP contribution < -0.4 is 4.90 Å². The molecule has 0 saturated carbocycles. The summed E-state index contributed by atoms with van der Waals surface area (Å²) in [6.45, 7) is 6.29. The second-order valence-corrected chi connectivity index (χ2v) is 14.3. The topological polar surface area (TPSA) is 29.6 Å². The van der Waals surface area contributed by atoms with Gasteiger partial charge >= 0.3 is 6.97 Å². The predicted octanol–water partition coefficient (Wildman–Crippen LogP) is 7.55. The van der Waals surface area contributed by atoms with E-state index in [9.17, 15) is 0 Å². The minimum Gasteiger partial charge on any atom is -0.393 e. The van der Waals surface area contributed by atoms with Gasteiger partial charge in [0.05, 0.1) is 32.0 Å². The van der Waals surface area contributed by atoms with Gasteiger partial charge in [0.1, 0.15) is 0 Å². The number of halogens is 2. The number of aromatic nitrogens is 1. The van der Waals surface area contributed by atoms with Gasteiger partial charge in [-0.15, -0.1) is 0 Å². The van der Waals surface area contributed by atoms with Crippen LogP contribution >= 0.6 is 23.5 Å². The fourth-order valence-electron chi connectivity index (χ4n) is 6.56. The van der Waals surface area contributed by atoms with Crippen molar-refractivity contribution in [3.8, 4) is 0 Å². The maximum atomic E-state index is 16.6. The normalized spacial score (nSPS) is 19.9. The first-order valence-corrected chi connectivity index (χ1v) is 18.4. The number of allylic oxidation sites excluding steroid dienone is 3. The maximum absolute atomic E-state index is 16.6. The van der Waals surface area contributed by atoms with E-state index in [2.05, 4.69) is 29.2 Å². The van der Waals surface area contributed by atoms with Crippen LogP contribution in [0.5, 0.6) is 0 Å². The first-order chi connectivity index (χ1) is 22.4. The third-order valence-electron chi connectivity index (χ3n) is 8.67. The van der Waals surface area contributed by atoms with Crippen molar-refractivity contribution in [3.63, 3.8) is 0 Å². The van der Waals surface area contributed by atoms with Crippen molar-refractivity contribution in [1.82, 2.24) is 4.48 Å². The maximum Gasteiger partial charge on any atom is 0.737 e. The minimum atomic E-state index is -4.10. The predicted molar refractivity (Wildman–Crippen MR) is 193 cm³/mol. The largest absolute Gasteiger partial charge is 0.737 e. The van der Waals surface area contributed by atoms with Gasteiger partial charge in [0.2, 0.25) is 0 Å². The average Bonchev–Trinajstić information content (AvgIpc) is 3.55. The fourth-order valence-corrected chi connectivity index (χ4v) is 8.14. The molecule has 0 aliphatic carbocycles. The third-order valence-corrected chi connectivity index (χ3v) is 10.5. The van der Waals surface area contributed by atoms with E-state index in [0.717, 1.165) is 77.2 Å². The summed E-state index contributed by atoms with van der Waals surface area (Å²) in [4.78, 5) is 2.44. The average molecular weight is 662 g/mol. The smallest absolute Gasteiger partial charge is 0.393 e. The fraction of sp³-hybridized carbons (Fsp3) is 0.361. The van der Waals surface area contributed by atoms with Crippen molar-refractivity contribution >= 4 is 53.5 Å². The quantitative estimate of drug-likeness (QED) is 0.270. The molecular formula is C36H42BF2N3O2S2. The molecule has 3 aliphatic rings. The molecule has 0 radical (unpaired) electrons. The molecule has 0 unspecified atom stereocenters. The van der Waals surface area contributed by atoms with Gasteiger partial charge in [0, 0.05) is 65.2 Å². The zero-order valence-electron chi connectivity index (χ0n) is 26.9. The molecule has 3 aliphatic heterocycles. The molecule has 0 spiro atoms. The van der Waals surface area contributed by atoms with Crippen LogP contribution in [-0.2, 0) is 9.47 Å². The molecule has 2 aromatic carbocycles. The summed E-state index contributed by atoms with van der Waals surface area (Å²) in [5.74, 6) is 4.02. The number of hydrogen-bond acceptors (Lipinski definition) is 5. The van der Waals surface area contributed by atoms with Gasteiger partial charge < -0.3 is 32.0 Å². The molecule has 6 rings (SSSR count). The molecule has 10 heteroatoms. The second kappa shape index (κ2) is 14.8. The van der Waals surface area contributed by atoms with E-state index in [4.69, 9.17) is 9.47 Å². The van der Waals surface area contributed by atoms with Gasteiger partial charge in [0.25, 0.3) is 0 Å². The highest BCUT2D eigenvalue weighted by atomic mass is 32.2. The lowest BCUT2D eigenvalue weighted by Crippen LogP contribution is -2.51. The highest BCUT2D eigenvalue weighted by Gasteiger charge is 2.55. The van der Waals surface area contributed by atoms with Crippen LogP contribution in [0.25, 0.3) is 11.6 Å². The van der Waals surface area contributed by atoms with Crippen molar-refractivity contribution in [2.24, 2.45) is 0 Å². The summed E-state index contributed by atoms with van der Waals surface area (Å²) in [5.41, 5.74) is 7.90. The molecule has 3 aromatic rings. The number of fused-ring (bicyclic) bond motifs is 2. The molecule has 242 valence electrons. The lowest BCUT2D eigenvalue weighted by atomic mass is 9.84. The summed E-state index contributed by atoms with van der Waals surface area (Å²) < 4.78 is 47.0. The number of aryl methyl sites for hydroxylation is 2. The number of anilines is 1. The van der Waals surface area contributed by atoms with Gasteiger partial charge in [-0.25, -0.2) is 0 Å². The minimum absolute atomic E-state index is 0.499. The lowest BCUT2D eigenvalue weighted by molar-refractivity contribution is -0.362. The lowest BCUT2D eigenvalue weighted by Gasteiger charge is -2.34. The van der Waals surface area contributed by atoms with Crippen molar-refractivity contribution in [2.75, 3.05) is 67.4 Å². The zero-order valence-corrected chi connectivity index (χ0v) is 28.5. The van der Waals surface area contributed by atoms with Crippen LogP contribution in [-0.4, -0.2) is 84.2 Å². The Labute approximate surface area is 280 Å². The highest BCUT2D eigenvalue weighted by Crippen LogP contribution is 2.44. The Morgan fingerprint density at radius 2 is 1.46 bits per heavy atom. The van der Waals surface area contributed by atoms with Crippen LogP contribution in [0.4, 0.5) is 14.3 Å². The van der Waals surface area contributed by atoms with E-state index >= 15 is 8.63 Å². The van der Waals surface area contributed by atoms with Crippen molar-refractivity contribution in [3.05, 3.63) is 112 Å². The number of thioether (sulfide) groups is 2. The number of hydrogen-bond donors (Lipinski definition) is 0. The molecule has 0 N–H and O–H groups in total. The van der Waals surface area contributed by atoms with E-state index in [1.807, 2.05) is 92.0 Å². The molecule has 1 fully saturated rings. The van der Waals surface area contributed by atoms with Gasteiger partial charge in [-0.05, 0) is 67.4 Å². The molecule has 0 atom stereocenters. The Hall–Kier alpha value is -3.05. The van der Waals surface area contributed by atoms with E-state index in [1.165, 1.54) is 14.7 Å². The Balaban J connectivity index is 1.27. The van der Waals surface area contributed by atoms with Crippen molar-refractivity contribution in [1.29, 1.82) is 0 Å². The Morgan fingerprint density at radius 3 is 2.11 bits per heavy atom. The Morgan fingerprint density at radius 1 is 0.804 bits per heavy atom. The SMILES string of the molecule is CC1=CC(/C=C/c2ccc(N3CCSCCOCCOCCSCC3)cc2)=[N+]2C1=C(c1ccccc1)c1c(C)cc(C)n1[B-]2(F)F. The van der Waals surface area contributed by atoms with Crippen molar-refractivity contribution in [2.45, 2.75) is 20.8 Å². The van der Waals surface area contributed by atoms with Gasteiger partial charge in [-0.1, -0.05) is 42.5 Å². The van der Waals surface area contributed by atoms with Gasteiger partial charge in [-0.2, -0.15) is 23.5 Å². The van der Waals surface area contributed by atoms with E-state index < -0.39 is 6.97 Å². The summed E-state index contributed by atoms with van der Waals surface area (Å²) in [6.07, 6.45) is 5.67.